The molecule has 0 spiro atoms. The number of fused-ring (bicyclic) bond motifs is 1. The van der Waals surface area contributed by atoms with Gasteiger partial charge >= 0.3 is 5.97 Å². The highest BCUT2D eigenvalue weighted by Gasteiger charge is 2.48. The number of aliphatic hydroxyl groups is 1. The lowest BCUT2D eigenvalue weighted by Crippen LogP contribution is -2.33. The first-order valence-electron chi connectivity index (χ1n) is 12.1. The molecule has 3 unspecified atom stereocenters. The van der Waals surface area contributed by atoms with Crippen LogP contribution < -0.4 is 0 Å². The van der Waals surface area contributed by atoms with E-state index in [1.54, 1.807) is 5.57 Å². The van der Waals surface area contributed by atoms with E-state index in [0.717, 1.165) is 44.4 Å². The number of carbonyl (C=O) groups is 1. The third-order valence-electron chi connectivity index (χ3n) is 7.75. The minimum atomic E-state index is -0.611. The lowest BCUT2D eigenvalue weighted by Gasteiger charge is -2.42. The average Bonchev–Trinajstić information content (AvgIpc) is 2.99. The van der Waals surface area contributed by atoms with E-state index >= 15 is 0 Å². The summed E-state index contributed by atoms with van der Waals surface area (Å²) in [7, 11) is 0. The third-order valence-corrected chi connectivity index (χ3v) is 7.75. The molecular weight excluding hydrogens is 372 g/mol. The Morgan fingerprint density at radius 2 is 1.97 bits per heavy atom. The summed E-state index contributed by atoms with van der Waals surface area (Å²) in [6.07, 6.45) is 21.9. The first-order chi connectivity index (χ1) is 14.2. The van der Waals surface area contributed by atoms with E-state index in [-0.39, 0.29) is 12.1 Å². The number of esters is 1. The summed E-state index contributed by atoms with van der Waals surface area (Å²) in [5.41, 5.74) is 2.89. The molecule has 3 aliphatic carbocycles. The summed E-state index contributed by atoms with van der Waals surface area (Å²) < 4.78 is 5.46. The number of hydrogen-bond donors (Lipinski definition) is 1. The molecule has 3 saturated carbocycles. The summed E-state index contributed by atoms with van der Waals surface area (Å²) in [6.45, 7) is 7.78. The Labute approximate surface area is 183 Å². The molecule has 168 valence electrons. The standard InChI is InChI=1S/C27H42O3/c1-20(28)30-24-12-7-9-21(19-24)13-14-22-10-8-18-27(4)23(15-16-25(22)27)11-5-6-17-26(2,3)29/h5-6,13-14,23-25,29H,7-12,15-19H2,1-4H3/b6-5+,21-13-,22-14+/t23?,24?,25?,27-/m1/s1. The van der Waals surface area contributed by atoms with Gasteiger partial charge in [0.1, 0.15) is 6.10 Å². The summed E-state index contributed by atoms with van der Waals surface area (Å²) in [6, 6.07) is 0. The van der Waals surface area contributed by atoms with E-state index < -0.39 is 5.60 Å². The van der Waals surface area contributed by atoms with E-state index in [0.29, 0.717) is 11.3 Å². The monoisotopic (exact) mass is 414 g/mol. The lowest BCUT2D eigenvalue weighted by molar-refractivity contribution is -0.147. The first kappa shape index (κ1) is 23.3. The summed E-state index contributed by atoms with van der Waals surface area (Å²) >= 11 is 0. The van der Waals surface area contributed by atoms with Crippen LogP contribution in [0.2, 0.25) is 0 Å². The Kier molecular flexibility index (Phi) is 7.66. The highest BCUT2D eigenvalue weighted by Crippen LogP contribution is 2.58. The largest absolute Gasteiger partial charge is 0.462 e. The van der Waals surface area contributed by atoms with Gasteiger partial charge in [-0.05, 0) is 95.3 Å². The van der Waals surface area contributed by atoms with Crippen LogP contribution in [0.4, 0.5) is 0 Å². The van der Waals surface area contributed by atoms with Gasteiger partial charge in [-0.15, -0.1) is 0 Å². The number of rotatable bonds is 6. The van der Waals surface area contributed by atoms with Gasteiger partial charge in [-0.3, -0.25) is 4.79 Å². The minimum Gasteiger partial charge on any atom is -0.462 e. The van der Waals surface area contributed by atoms with Crippen LogP contribution in [0.1, 0.15) is 98.3 Å². The molecule has 3 heteroatoms. The van der Waals surface area contributed by atoms with Crippen molar-refractivity contribution in [3.05, 3.63) is 35.5 Å². The molecule has 0 radical (unpaired) electrons. The number of hydrogen-bond acceptors (Lipinski definition) is 3. The maximum absolute atomic E-state index is 11.3. The molecule has 4 atom stereocenters. The SMILES string of the molecule is CC(=O)OC1CCC/C(=C/C=C2\CCC[C@]3(C)C(C/C=C/CC(C)(C)O)CCC23)C1. The van der Waals surface area contributed by atoms with Gasteiger partial charge in [0.15, 0.2) is 0 Å². The first-order valence-corrected chi connectivity index (χ1v) is 12.1. The van der Waals surface area contributed by atoms with Crippen LogP contribution in [-0.4, -0.2) is 22.8 Å². The van der Waals surface area contributed by atoms with Gasteiger partial charge in [-0.25, -0.2) is 0 Å². The molecule has 0 amide bonds. The predicted octanol–water partition coefficient (Wildman–Crippen LogP) is 6.67. The summed E-state index contributed by atoms with van der Waals surface area (Å²) in [5, 5.41) is 9.92. The third kappa shape index (κ3) is 6.09. The van der Waals surface area contributed by atoms with Crippen molar-refractivity contribution < 1.29 is 14.6 Å². The molecule has 1 N–H and O–H groups in total. The van der Waals surface area contributed by atoms with Gasteiger partial charge in [-0.2, -0.15) is 0 Å². The summed E-state index contributed by atoms with van der Waals surface area (Å²) in [4.78, 5) is 11.3. The molecule has 0 aliphatic heterocycles. The Hall–Kier alpha value is -1.35. The van der Waals surface area contributed by atoms with Gasteiger partial charge in [0.25, 0.3) is 0 Å². The van der Waals surface area contributed by atoms with Crippen LogP contribution in [0.3, 0.4) is 0 Å². The fourth-order valence-electron chi connectivity index (χ4n) is 6.13. The van der Waals surface area contributed by atoms with Crippen molar-refractivity contribution in [3.63, 3.8) is 0 Å². The highest BCUT2D eigenvalue weighted by molar-refractivity contribution is 5.66. The number of ether oxygens (including phenoxy) is 1. The van der Waals surface area contributed by atoms with Crippen molar-refractivity contribution in [1.82, 2.24) is 0 Å². The molecule has 3 rings (SSSR count). The van der Waals surface area contributed by atoms with Crippen molar-refractivity contribution >= 4 is 5.97 Å². The predicted molar refractivity (Wildman–Crippen MR) is 123 cm³/mol. The number of carbonyl (C=O) groups excluding carboxylic acids is 1. The Morgan fingerprint density at radius 1 is 1.17 bits per heavy atom. The van der Waals surface area contributed by atoms with Gasteiger partial charge < -0.3 is 9.84 Å². The number of allylic oxidation sites excluding steroid dienone is 4. The molecule has 0 bridgehead atoms. The fourth-order valence-corrected chi connectivity index (χ4v) is 6.13. The van der Waals surface area contributed by atoms with Crippen LogP contribution >= 0.6 is 0 Å². The molecule has 0 aromatic rings. The topological polar surface area (TPSA) is 46.5 Å². The second-order valence-electron chi connectivity index (χ2n) is 10.8. The Balaban J connectivity index is 1.63. The molecule has 3 aliphatic rings. The van der Waals surface area contributed by atoms with Crippen molar-refractivity contribution in [2.24, 2.45) is 17.3 Å². The van der Waals surface area contributed by atoms with Crippen LogP contribution in [0.25, 0.3) is 0 Å². The Morgan fingerprint density at radius 3 is 2.70 bits per heavy atom. The second-order valence-corrected chi connectivity index (χ2v) is 10.8. The van der Waals surface area contributed by atoms with Crippen LogP contribution in [0.5, 0.6) is 0 Å². The van der Waals surface area contributed by atoms with Crippen LogP contribution in [-0.2, 0) is 9.53 Å². The van der Waals surface area contributed by atoms with Crippen LogP contribution in [0, 0.1) is 17.3 Å². The minimum absolute atomic E-state index is 0.0732. The zero-order valence-electron chi connectivity index (χ0n) is 19.6. The van der Waals surface area contributed by atoms with Gasteiger partial charge in [0, 0.05) is 13.3 Å². The maximum Gasteiger partial charge on any atom is 0.302 e. The summed E-state index contributed by atoms with van der Waals surface area (Å²) in [5.74, 6) is 1.31. The van der Waals surface area contributed by atoms with Gasteiger partial charge in [-0.1, -0.05) is 42.4 Å². The Bertz CT molecular complexity index is 693. The molecular formula is C27H42O3. The van der Waals surface area contributed by atoms with Gasteiger partial charge in [0.2, 0.25) is 0 Å². The van der Waals surface area contributed by atoms with Gasteiger partial charge in [0.05, 0.1) is 5.60 Å². The fraction of sp³-hybridized carbons (Fsp3) is 0.741. The van der Waals surface area contributed by atoms with E-state index in [1.807, 2.05) is 13.8 Å². The molecule has 0 heterocycles. The molecule has 0 aromatic heterocycles. The van der Waals surface area contributed by atoms with E-state index in [9.17, 15) is 9.90 Å². The van der Waals surface area contributed by atoms with Crippen LogP contribution in [0.15, 0.2) is 35.5 Å². The average molecular weight is 415 g/mol. The van der Waals surface area contributed by atoms with E-state index in [2.05, 4.69) is 31.2 Å². The molecule has 30 heavy (non-hydrogen) atoms. The normalized spacial score (nSPS) is 35.2. The van der Waals surface area contributed by atoms with Crippen molar-refractivity contribution in [1.29, 1.82) is 0 Å². The van der Waals surface area contributed by atoms with E-state index in [4.69, 9.17) is 4.74 Å². The molecule has 3 nitrogen and oxygen atoms in total. The van der Waals surface area contributed by atoms with Crippen molar-refractivity contribution in [3.8, 4) is 0 Å². The highest BCUT2D eigenvalue weighted by atomic mass is 16.5. The maximum atomic E-state index is 11.3. The quantitative estimate of drug-likeness (QED) is 0.390. The molecule has 0 saturated heterocycles. The zero-order valence-corrected chi connectivity index (χ0v) is 19.6. The smallest absolute Gasteiger partial charge is 0.302 e. The van der Waals surface area contributed by atoms with Crippen molar-refractivity contribution in [2.45, 2.75) is 110 Å². The molecule has 0 aromatic carbocycles. The zero-order chi connectivity index (χ0) is 21.8. The van der Waals surface area contributed by atoms with Crippen molar-refractivity contribution in [2.75, 3.05) is 0 Å². The molecule has 3 fully saturated rings. The lowest BCUT2D eigenvalue weighted by atomic mass is 9.63. The second kappa shape index (κ2) is 9.85. The van der Waals surface area contributed by atoms with E-state index in [1.165, 1.54) is 44.6 Å².